The summed E-state index contributed by atoms with van der Waals surface area (Å²) in [6.45, 7) is 3.14. The van der Waals surface area contributed by atoms with E-state index in [0.717, 1.165) is 22.9 Å². The number of rotatable bonds is 2. The van der Waals surface area contributed by atoms with Crippen LogP contribution in [0.1, 0.15) is 28.8 Å². The molecule has 20 heavy (non-hydrogen) atoms. The molecule has 1 aromatic rings. The van der Waals surface area contributed by atoms with Crippen LogP contribution in [0.3, 0.4) is 0 Å². The summed E-state index contributed by atoms with van der Waals surface area (Å²) in [6.07, 6.45) is 1.71. The zero-order valence-electron chi connectivity index (χ0n) is 11.3. The van der Waals surface area contributed by atoms with Crippen LogP contribution in [0.15, 0.2) is 27.8 Å². The van der Waals surface area contributed by atoms with Gasteiger partial charge in [-0.3, -0.25) is 4.79 Å². The van der Waals surface area contributed by atoms with Crippen molar-refractivity contribution >= 4 is 27.7 Å². The first kappa shape index (κ1) is 14.8. The lowest BCUT2D eigenvalue weighted by molar-refractivity contribution is 0.0700. The Morgan fingerprint density at radius 1 is 1.55 bits per heavy atom. The molecule has 1 fully saturated rings. The SMILES string of the molecule is Cc1cc(Br)ccc1C(=O)N1CCCC(C(N)=NO)C1. The lowest BCUT2D eigenvalue weighted by atomic mass is 9.96. The van der Waals surface area contributed by atoms with Gasteiger partial charge in [0, 0.05) is 29.0 Å². The van der Waals surface area contributed by atoms with Crippen molar-refractivity contribution in [2.75, 3.05) is 13.1 Å². The highest BCUT2D eigenvalue weighted by molar-refractivity contribution is 9.10. The molecule has 0 bridgehead atoms. The maximum atomic E-state index is 12.6. The smallest absolute Gasteiger partial charge is 0.254 e. The number of carbonyl (C=O) groups is 1. The van der Waals surface area contributed by atoms with Gasteiger partial charge >= 0.3 is 0 Å². The minimum absolute atomic E-state index is 0.00504. The maximum Gasteiger partial charge on any atom is 0.254 e. The molecule has 0 saturated carbocycles. The summed E-state index contributed by atoms with van der Waals surface area (Å²) in [5, 5.41) is 11.8. The molecule has 6 heteroatoms. The third-order valence-corrected chi connectivity index (χ3v) is 4.15. The maximum absolute atomic E-state index is 12.6. The molecule has 0 aromatic heterocycles. The van der Waals surface area contributed by atoms with E-state index in [-0.39, 0.29) is 17.7 Å². The first-order chi connectivity index (χ1) is 9.52. The Balaban J connectivity index is 2.16. The fraction of sp³-hybridized carbons (Fsp3) is 0.429. The number of hydrogen-bond donors (Lipinski definition) is 2. The van der Waals surface area contributed by atoms with E-state index in [1.165, 1.54) is 0 Å². The van der Waals surface area contributed by atoms with Crippen molar-refractivity contribution < 1.29 is 10.0 Å². The molecule has 5 nitrogen and oxygen atoms in total. The molecule has 2 rings (SSSR count). The van der Waals surface area contributed by atoms with E-state index in [2.05, 4.69) is 21.1 Å². The van der Waals surface area contributed by atoms with Crippen molar-refractivity contribution in [3.63, 3.8) is 0 Å². The molecular formula is C14H18BrN3O2. The van der Waals surface area contributed by atoms with E-state index in [9.17, 15) is 4.79 Å². The molecule has 1 saturated heterocycles. The Morgan fingerprint density at radius 2 is 2.30 bits per heavy atom. The average Bonchev–Trinajstić information content (AvgIpc) is 2.46. The van der Waals surface area contributed by atoms with E-state index in [1.54, 1.807) is 4.90 Å². The van der Waals surface area contributed by atoms with Crippen LogP contribution in [0.5, 0.6) is 0 Å². The third kappa shape index (κ3) is 3.12. The number of aryl methyl sites for hydroxylation is 1. The van der Waals surface area contributed by atoms with Crippen molar-refractivity contribution in [1.82, 2.24) is 4.90 Å². The minimum atomic E-state index is -0.0616. The van der Waals surface area contributed by atoms with E-state index in [0.29, 0.717) is 18.7 Å². The van der Waals surface area contributed by atoms with E-state index >= 15 is 0 Å². The molecule has 3 N–H and O–H groups in total. The Morgan fingerprint density at radius 3 is 2.95 bits per heavy atom. The molecule has 1 unspecified atom stereocenters. The number of nitrogens with zero attached hydrogens (tertiary/aromatic N) is 2. The number of hydrogen-bond acceptors (Lipinski definition) is 3. The molecule has 1 aliphatic heterocycles. The monoisotopic (exact) mass is 339 g/mol. The van der Waals surface area contributed by atoms with Crippen LogP contribution in [0.2, 0.25) is 0 Å². The summed E-state index contributed by atoms with van der Waals surface area (Å²) >= 11 is 3.39. The van der Waals surface area contributed by atoms with E-state index in [1.807, 2.05) is 25.1 Å². The second-order valence-corrected chi connectivity index (χ2v) is 5.99. The van der Waals surface area contributed by atoms with Crippen molar-refractivity contribution in [1.29, 1.82) is 0 Å². The van der Waals surface area contributed by atoms with Crippen molar-refractivity contribution in [2.45, 2.75) is 19.8 Å². The highest BCUT2D eigenvalue weighted by atomic mass is 79.9. The summed E-state index contributed by atoms with van der Waals surface area (Å²) in [4.78, 5) is 14.3. The van der Waals surface area contributed by atoms with Gasteiger partial charge in [0.25, 0.3) is 5.91 Å². The van der Waals surface area contributed by atoms with Crippen LogP contribution < -0.4 is 5.73 Å². The van der Waals surface area contributed by atoms with Crippen LogP contribution in [-0.4, -0.2) is 34.9 Å². The third-order valence-electron chi connectivity index (χ3n) is 3.66. The van der Waals surface area contributed by atoms with Gasteiger partial charge in [0.1, 0.15) is 5.84 Å². The van der Waals surface area contributed by atoms with Gasteiger partial charge in [-0.05, 0) is 43.5 Å². The molecule has 1 atom stereocenters. The van der Waals surface area contributed by atoms with Crippen LogP contribution in [-0.2, 0) is 0 Å². The Bertz CT molecular complexity index is 545. The molecule has 1 aliphatic rings. The van der Waals surface area contributed by atoms with Gasteiger partial charge in [0.15, 0.2) is 0 Å². The first-order valence-corrected chi connectivity index (χ1v) is 7.35. The number of halogens is 1. The number of amidine groups is 1. The molecule has 0 radical (unpaired) electrons. The van der Waals surface area contributed by atoms with Gasteiger partial charge in [-0.2, -0.15) is 0 Å². The molecule has 1 amide bonds. The zero-order valence-corrected chi connectivity index (χ0v) is 12.9. The van der Waals surface area contributed by atoms with Crippen molar-refractivity contribution in [3.05, 3.63) is 33.8 Å². The predicted molar refractivity (Wildman–Crippen MR) is 80.9 cm³/mol. The number of nitrogens with two attached hydrogens (primary N) is 1. The van der Waals surface area contributed by atoms with Crippen LogP contribution in [0.4, 0.5) is 0 Å². The quantitative estimate of drug-likeness (QED) is 0.375. The Labute approximate surface area is 126 Å². The fourth-order valence-corrected chi connectivity index (χ4v) is 3.00. The molecule has 1 heterocycles. The number of piperidine rings is 1. The molecule has 108 valence electrons. The van der Waals surface area contributed by atoms with Crippen LogP contribution in [0, 0.1) is 12.8 Å². The molecular weight excluding hydrogens is 322 g/mol. The number of oxime groups is 1. The molecule has 0 spiro atoms. The summed E-state index contributed by atoms with van der Waals surface area (Å²) in [6, 6.07) is 5.62. The lowest BCUT2D eigenvalue weighted by Crippen LogP contribution is -2.44. The van der Waals surface area contributed by atoms with Crippen LogP contribution in [0.25, 0.3) is 0 Å². The van der Waals surface area contributed by atoms with E-state index in [4.69, 9.17) is 10.9 Å². The number of likely N-dealkylation sites (tertiary alicyclic amines) is 1. The Hall–Kier alpha value is -1.56. The van der Waals surface area contributed by atoms with Gasteiger partial charge in [-0.15, -0.1) is 0 Å². The average molecular weight is 340 g/mol. The first-order valence-electron chi connectivity index (χ1n) is 6.55. The minimum Gasteiger partial charge on any atom is -0.409 e. The van der Waals surface area contributed by atoms with Gasteiger partial charge < -0.3 is 15.8 Å². The lowest BCUT2D eigenvalue weighted by Gasteiger charge is -2.32. The summed E-state index contributed by atoms with van der Waals surface area (Å²) in [5.41, 5.74) is 7.30. The van der Waals surface area contributed by atoms with Crippen LogP contribution >= 0.6 is 15.9 Å². The van der Waals surface area contributed by atoms with Crippen molar-refractivity contribution in [3.8, 4) is 0 Å². The summed E-state index contributed by atoms with van der Waals surface area (Å²) < 4.78 is 0.958. The van der Waals surface area contributed by atoms with Gasteiger partial charge in [-0.1, -0.05) is 21.1 Å². The second kappa shape index (κ2) is 6.26. The topological polar surface area (TPSA) is 78.9 Å². The van der Waals surface area contributed by atoms with Gasteiger partial charge in [-0.25, -0.2) is 0 Å². The zero-order chi connectivity index (χ0) is 14.7. The number of amides is 1. The normalized spacial score (nSPS) is 20.0. The van der Waals surface area contributed by atoms with Gasteiger partial charge in [0.05, 0.1) is 0 Å². The second-order valence-electron chi connectivity index (χ2n) is 5.07. The molecule has 1 aromatic carbocycles. The summed E-state index contributed by atoms with van der Waals surface area (Å²) in [5.74, 6) is 0.147. The fourth-order valence-electron chi connectivity index (χ4n) is 2.52. The number of benzene rings is 1. The van der Waals surface area contributed by atoms with E-state index < -0.39 is 0 Å². The summed E-state index contributed by atoms with van der Waals surface area (Å²) in [7, 11) is 0. The van der Waals surface area contributed by atoms with Crippen molar-refractivity contribution in [2.24, 2.45) is 16.8 Å². The largest absolute Gasteiger partial charge is 0.409 e. The molecule has 0 aliphatic carbocycles. The van der Waals surface area contributed by atoms with Gasteiger partial charge in [0.2, 0.25) is 0 Å². The standard InChI is InChI=1S/C14H18BrN3O2/c1-9-7-11(15)4-5-12(9)14(19)18-6-2-3-10(8-18)13(16)17-20/h4-5,7,10,20H,2-3,6,8H2,1H3,(H2,16,17). The highest BCUT2D eigenvalue weighted by Crippen LogP contribution is 2.22. The predicted octanol–water partition coefficient (Wildman–Crippen LogP) is 2.36. The highest BCUT2D eigenvalue weighted by Gasteiger charge is 2.27. The number of carbonyl (C=O) groups excluding carboxylic acids is 1. The Kier molecular flexibility index (Phi) is 4.65.